The van der Waals surface area contributed by atoms with Crippen molar-refractivity contribution >= 4 is 31.6 Å². The number of sulfonamides is 1. The van der Waals surface area contributed by atoms with Crippen molar-refractivity contribution in [2.45, 2.75) is 18.6 Å². The molecule has 3 N–H and O–H groups in total. The fourth-order valence-corrected chi connectivity index (χ4v) is 2.98. The molecule has 0 amide bonds. The van der Waals surface area contributed by atoms with Crippen LogP contribution in [0.15, 0.2) is 33.9 Å². The summed E-state index contributed by atoms with van der Waals surface area (Å²) in [6, 6.07) is 5.10. The predicted molar refractivity (Wildman–Crippen MR) is 74.2 cm³/mol. The standard InChI is InChI=1S/C11H12BrN3O3S/c1-7-4-9(2-3-10(7)12)15-19(17,18)11-8(6-16)5-13-14-11/h2-5,15-16H,6H2,1H3,(H,13,14). The van der Waals surface area contributed by atoms with Gasteiger partial charge in [0.25, 0.3) is 10.0 Å². The van der Waals surface area contributed by atoms with Crippen LogP contribution in [0.1, 0.15) is 11.1 Å². The number of hydrogen-bond acceptors (Lipinski definition) is 4. The molecule has 0 saturated carbocycles. The minimum absolute atomic E-state index is 0.129. The highest BCUT2D eigenvalue weighted by atomic mass is 79.9. The minimum atomic E-state index is -3.79. The maximum atomic E-state index is 12.1. The molecule has 0 saturated heterocycles. The third-order valence-electron chi connectivity index (χ3n) is 2.53. The Morgan fingerprint density at radius 2 is 2.21 bits per heavy atom. The molecule has 1 heterocycles. The van der Waals surface area contributed by atoms with E-state index < -0.39 is 16.6 Å². The molecular weight excluding hydrogens is 334 g/mol. The van der Waals surface area contributed by atoms with Gasteiger partial charge in [0.15, 0.2) is 5.03 Å². The lowest BCUT2D eigenvalue weighted by atomic mass is 10.2. The van der Waals surface area contributed by atoms with E-state index in [-0.39, 0.29) is 10.6 Å². The Morgan fingerprint density at radius 3 is 2.84 bits per heavy atom. The first-order chi connectivity index (χ1) is 8.94. The zero-order valence-corrected chi connectivity index (χ0v) is 12.4. The van der Waals surface area contributed by atoms with Gasteiger partial charge in [0, 0.05) is 15.7 Å². The zero-order valence-electron chi connectivity index (χ0n) is 10.0. The molecule has 1 aromatic carbocycles. The topological polar surface area (TPSA) is 95.1 Å². The van der Waals surface area contributed by atoms with Crippen molar-refractivity contribution in [3.05, 3.63) is 40.0 Å². The number of rotatable bonds is 4. The summed E-state index contributed by atoms with van der Waals surface area (Å²) in [5.74, 6) is 0. The maximum absolute atomic E-state index is 12.1. The fraction of sp³-hybridized carbons (Fsp3) is 0.182. The molecule has 19 heavy (non-hydrogen) atoms. The molecule has 0 aliphatic heterocycles. The summed E-state index contributed by atoms with van der Waals surface area (Å²) < 4.78 is 27.6. The highest BCUT2D eigenvalue weighted by Crippen LogP contribution is 2.22. The van der Waals surface area contributed by atoms with Gasteiger partial charge < -0.3 is 5.11 Å². The summed E-state index contributed by atoms with van der Waals surface area (Å²) in [5.41, 5.74) is 1.58. The molecule has 1 aromatic heterocycles. The van der Waals surface area contributed by atoms with Crippen LogP contribution < -0.4 is 4.72 Å². The molecule has 0 spiro atoms. The molecule has 0 atom stereocenters. The molecule has 0 aliphatic carbocycles. The van der Waals surface area contributed by atoms with Crippen LogP contribution in [0.4, 0.5) is 5.69 Å². The summed E-state index contributed by atoms with van der Waals surface area (Å²) in [6.07, 6.45) is 1.28. The van der Waals surface area contributed by atoms with Gasteiger partial charge in [0.1, 0.15) is 0 Å². The van der Waals surface area contributed by atoms with Crippen molar-refractivity contribution in [3.63, 3.8) is 0 Å². The fourth-order valence-electron chi connectivity index (χ4n) is 1.56. The van der Waals surface area contributed by atoms with Crippen molar-refractivity contribution in [1.82, 2.24) is 10.2 Å². The van der Waals surface area contributed by atoms with Crippen LogP contribution in [0.25, 0.3) is 0 Å². The van der Waals surface area contributed by atoms with E-state index in [4.69, 9.17) is 5.11 Å². The van der Waals surface area contributed by atoms with Gasteiger partial charge in [-0.3, -0.25) is 9.82 Å². The molecule has 102 valence electrons. The Bertz CT molecular complexity index is 697. The predicted octanol–water partition coefficient (Wildman–Crippen LogP) is 1.77. The first-order valence-electron chi connectivity index (χ1n) is 5.36. The van der Waals surface area contributed by atoms with Gasteiger partial charge in [-0.1, -0.05) is 15.9 Å². The Morgan fingerprint density at radius 1 is 1.47 bits per heavy atom. The van der Waals surface area contributed by atoms with Gasteiger partial charge in [-0.25, -0.2) is 0 Å². The second kappa shape index (κ2) is 5.32. The summed E-state index contributed by atoms with van der Waals surface area (Å²) in [5, 5.41) is 14.9. The average Bonchev–Trinajstić information content (AvgIpc) is 2.82. The largest absolute Gasteiger partial charge is 0.392 e. The third kappa shape index (κ3) is 2.96. The normalized spacial score (nSPS) is 11.5. The van der Waals surface area contributed by atoms with Gasteiger partial charge in [-0.15, -0.1) is 0 Å². The van der Waals surface area contributed by atoms with E-state index in [9.17, 15) is 8.42 Å². The van der Waals surface area contributed by atoms with E-state index in [2.05, 4.69) is 30.8 Å². The van der Waals surface area contributed by atoms with Gasteiger partial charge >= 0.3 is 0 Å². The highest BCUT2D eigenvalue weighted by Gasteiger charge is 2.20. The van der Waals surface area contributed by atoms with Crippen LogP contribution in [0, 0.1) is 6.92 Å². The van der Waals surface area contributed by atoms with Gasteiger partial charge in [-0.2, -0.15) is 13.5 Å². The molecule has 0 fully saturated rings. The summed E-state index contributed by atoms with van der Waals surface area (Å²) in [7, 11) is -3.79. The number of benzene rings is 1. The van der Waals surface area contributed by atoms with E-state index >= 15 is 0 Å². The maximum Gasteiger partial charge on any atom is 0.279 e. The smallest absolute Gasteiger partial charge is 0.279 e. The van der Waals surface area contributed by atoms with Crippen LogP contribution in [-0.4, -0.2) is 23.7 Å². The molecule has 0 aliphatic rings. The molecule has 2 aromatic rings. The number of aliphatic hydroxyl groups is 1. The number of anilines is 1. The van der Waals surface area contributed by atoms with Crippen molar-refractivity contribution in [1.29, 1.82) is 0 Å². The van der Waals surface area contributed by atoms with E-state index in [1.807, 2.05) is 6.92 Å². The lowest BCUT2D eigenvalue weighted by Crippen LogP contribution is -2.15. The van der Waals surface area contributed by atoms with E-state index in [0.29, 0.717) is 5.69 Å². The SMILES string of the molecule is Cc1cc(NS(=O)(=O)c2[nH]ncc2CO)ccc1Br. The highest BCUT2D eigenvalue weighted by molar-refractivity contribution is 9.10. The number of aryl methyl sites for hydroxylation is 1. The van der Waals surface area contributed by atoms with Crippen LogP contribution in [0.5, 0.6) is 0 Å². The molecule has 2 rings (SSSR count). The molecule has 8 heteroatoms. The molecular formula is C11H12BrN3O3S. The first kappa shape index (κ1) is 14.0. The summed E-state index contributed by atoms with van der Waals surface area (Å²) in [6.45, 7) is 1.46. The van der Waals surface area contributed by atoms with E-state index in [0.717, 1.165) is 10.0 Å². The molecule has 0 unspecified atom stereocenters. The number of H-pyrrole nitrogens is 1. The number of aliphatic hydroxyl groups excluding tert-OH is 1. The minimum Gasteiger partial charge on any atom is -0.392 e. The average molecular weight is 346 g/mol. The Kier molecular flexibility index (Phi) is 3.93. The lowest BCUT2D eigenvalue weighted by Gasteiger charge is -2.09. The van der Waals surface area contributed by atoms with Crippen LogP contribution in [0.3, 0.4) is 0 Å². The van der Waals surface area contributed by atoms with Crippen LogP contribution in [0.2, 0.25) is 0 Å². The van der Waals surface area contributed by atoms with Gasteiger partial charge in [0.2, 0.25) is 0 Å². The second-order valence-electron chi connectivity index (χ2n) is 3.95. The quantitative estimate of drug-likeness (QED) is 0.786. The first-order valence-corrected chi connectivity index (χ1v) is 7.64. The number of aromatic nitrogens is 2. The van der Waals surface area contributed by atoms with Crippen molar-refractivity contribution < 1.29 is 13.5 Å². The Balaban J connectivity index is 2.34. The Hall–Kier alpha value is -1.38. The Labute approximate surface area is 119 Å². The van der Waals surface area contributed by atoms with Crippen molar-refractivity contribution in [3.8, 4) is 0 Å². The number of nitrogens with zero attached hydrogens (tertiary/aromatic N) is 1. The number of hydrogen-bond donors (Lipinski definition) is 3. The zero-order chi connectivity index (χ0) is 14.0. The van der Waals surface area contributed by atoms with E-state index in [1.54, 1.807) is 18.2 Å². The van der Waals surface area contributed by atoms with Gasteiger partial charge in [-0.05, 0) is 30.7 Å². The van der Waals surface area contributed by atoms with Crippen LogP contribution in [-0.2, 0) is 16.6 Å². The van der Waals surface area contributed by atoms with Crippen LogP contribution >= 0.6 is 15.9 Å². The number of halogens is 1. The van der Waals surface area contributed by atoms with Crippen molar-refractivity contribution in [2.24, 2.45) is 0 Å². The third-order valence-corrected chi connectivity index (χ3v) is 4.81. The van der Waals surface area contributed by atoms with Crippen molar-refractivity contribution in [2.75, 3.05) is 4.72 Å². The monoisotopic (exact) mass is 345 g/mol. The van der Waals surface area contributed by atoms with E-state index in [1.165, 1.54) is 6.20 Å². The second-order valence-corrected chi connectivity index (χ2v) is 6.43. The molecule has 0 bridgehead atoms. The summed E-state index contributed by atoms with van der Waals surface area (Å²) in [4.78, 5) is 0. The number of aromatic amines is 1. The van der Waals surface area contributed by atoms with Gasteiger partial charge in [0.05, 0.1) is 12.8 Å². The lowest BCUT2D eigenvalue weighted by molar-refractivity contribution is 0.278. The number of nitrogens with one attached hydrogen (secondary N) is 2. The summed E-state index contributed by atoms with van der Waals surface area (Å²) >= 11 is 3.34. The molecule has 6 nitrogen and oxygen atoms in total. The molecule has 0 radical (unpaired) electrons.